The van der Waals surface area contributed by atoms with E-state index in [9.17, 15) is 0 Å². The van der Waals surface area contributed by atoms with Gasteiger partial charge in [0.1, 0.15) is 0 Å². The van der Waals surface area contributed by atoms with Crippen molar-refractivity contribution < 1.29 is 0 Å². The molecule has 110 valence electrons. The quantitative estimate of drug-likeness (QED) is 0.814. The van der Waals surface area contributed by atoms with Gasteiger partial charge < -0.3 is 5.32 Å². The van der Waals surface area contributed by atoms with Crippen molar-refractivity contribution in [1.82, 2.24) is 15.1 Å². The lowest BCUT2D eigenvalue weighted by Crippen LogP contribution is -2.27. The summed E-state index contributed by atoms with van der Waals surface area (Å²) in [6.45, 7) is 9.70. The zero-order valence-electron chi connectivity index (χ0n) is 12.5. The fourth-order valence-corrected chi connectivity index (χ4v) is 3.72. The number of thiophene rings is 1. The first-order chi connectivity index (χ1) is 9.56. The second kappa shape index (κ2) is 6.87. The first-order valence-electron chi connectivity index (χ1n) is 7.05. The standard InChI is InChI=1S/C15H22BrN3S/c1-5-6-17-14(12-9-20-8-11(12)4)15-13(16)7-18-19(15)10(2)3/h7-10,14,17H,5-6H2,1-4H3. The van der Waals surface area contributed by atoms with Gasteiger partial charge in [0.2, 0.25) is 0 Å². The Hall–Kier alpha value is -0.650. The molecule has 0 aliphatic heterocycles. The Morgan fingerprint density at radius 1 is 1.40 bits per heavy atom. The zero-order chi connectivity index (χ0) is 14.7. The molecular weight excluding hydrogens is 334 g/mol. The highest BCUT2D eigenvalue weighted by Gasteiger charge is 2.24. The van der Waals surface area contributed by atoms with Crippen LogP contribution in [0.3, 0.4) is 0 Å². The monoisotopic (exact) mass is 355 g/mol. The molecule has 1 atom stereocenters. The van der Waals surface area contributed by atoms with E-state index in [0.717, 1.165) is 17.4 Å². The normalized spacial score (nSPS) is 13.1. The lowest BCUT2D eigenvalue weighted by molar-refractivity contribution is 0.470. The molecule has 0 radical (unpaired) electrons. The van der Waals surface area contributed by atoms with Crippen molar-refractivity contribution in [3.63, 3.8) is 0 Å². The molecule has 0 amide bonds. The minimum Gasteiger partial charge on any atom is -0.305 e. The third-order valence-electron chi connectivity index (χ3n) is 3.35. The Bertz CT molecular complexity index is 559. The van der Waals surface area contributed by atoms with E-state index in [-0.39, 0.29) is 6.04 Å². The van der Waals surface area contributed by atoms with Gasteiger partial charge in [0, 0.05) is 6.04 Å². The molecule has 0 saturated heterocycles. The van der Waals surface area contributed by atoms with Crippen molar-refractivity contribution in [1.29, 1.82) is 0 Å². The first-order valence-corrected chi connectivity index (χ1v) is 8.78. The molecule has 1 N–H and O–H groups in total. The van der Waals surface area contributed by atoms with Crippen molar-refractivity contribution in [3.8, 4) is 0 Å². The molecule has 2 aromatic heterocycles. The van der Waals surface area contributed by atoms with E-state index in [4.69, 9.17) is 0 Å². The van der Waals surface area contributed by atoms with E-state index in [0.29, 0.717) is 6.04 Å². The zero-order valence-corrected chi connectivity index (χ0v) is 14.9. The highest BCUT2D eigenvalue weighted by molar-refractivity contribution is 9.10. The number of hydrogen-bond donors (Lipinski definition) is 1. The summed E-state index contributed by atoms with van der Waals surface area (Å²) in [6.07, 6.45) is 3.02. The summed E-state index contributed by atoms with van der Waals surface area (Å²) < 4.78 is 3.18. The van der Waals surface area contributed by atoms with Gasteiger partial charge in [-0.25, -0.2) is 0 Å². The smallest absolute Gasteiger partial charge is 0.0770 e. The van der Waals surface area contributed by atoms with Crippen molar-refractivity contribution in [3.05, 3.63) is 38.3 Å². The fourth-order valence-electron chi connectivity index (χ4n) is 2.34. The third-order valence-corrected chi connectivity index (χ3v) is 4.84. The van der Waals surface area contributed by atoms with E-state index >= 15 is 0 Å². The molecule has 2 heterocycles. The summed E-state index contributed by atoms with van der Waals surface area (Å²) in [7, 11) is 0. The van der Waals surface area contributed by atoms with Gasteiger partial charge in [0.05, 0.1) is 22.4 Å². The van der Waals surface area contributed by atoms with Gasteiger partial charge >= 0.3 is 0 Å². The third kappa shape index (κ3) is 3.15. The molecule has 0 saturated carbocycles. The molecule has 0 aliphatic rings. The molecule has 0 spiro atoms. The van der Waals surface area contributed by atoms with Crippen LogP contribution in [0.15, 0.2) is 21.4 Å². The largest absolute Gasteiger partial charge is 0.305 e. The molecule has 20 heavy (non-hydrogen) atoms. The SMILES string of the molecule is CCCNC(c1cscc1C)c1c(Br)cnn1C(C)C. The van der Waals surface area contributed by atoms with E-state index in [1.165, 1.54) is 16.8 Å². The van der Waals surface area contributed by atoms with Crippen molar-refractivity contribution in [2.24, 2.45) is 0 Å². The lowest BCUT2D eigenvalue weighted by Gasteiger charge is -2.22. The van der Waals surface area contributed by atoms with Crippen LogP contribution in [0.5, 0.6) is 0 Å². The highest BCUT2D eigenvalue weighted by atomic mass is 79.9. The van der Waals surface area contributed by atoms with Crippen molar-refractivity contribution >= 4 is 27.3 Å². The molecule has 0 aliphatic carbocycles. The number of nitrogens with one attached hydrogen (secondary N) is 1. The van der Waals surface area contributed by atoms with Crippen LogP contribution in [0.1, 0.15) is 56.1 Å². The number of aryl methyl sites for hydroxylation is 1. The fraction of sp³-hybridized carbons (Fsp3) is 0.533. The molecule has 5 heteroatoms. The molecular formula is C15H22BrN3S. The average Bonchev–Trinajstić information content (AvgIpc) is 2.98. The predicted octanol–water partition coefficient (Wildman–Crippen LogP) is 4.69. The molecule has 0 bridgehead atoms. The molecule has 2 rings (SSSR count). The van der Waals surface area contributed by atoms with E-state index < -0.39 is 0 Å². The molecule has 0 aromatic carbocycles. The van der Waals surface area contributed by atoms with Crippen LogP contribution < -0.4 is 5.32 Å². The van der Waals surface area contributed by atoms with Crippen LogP contribution >= 0.6 is 27.3 Å². The molecule has 3 nitrogen and oxygen atoms in total. The maximum absolute atomic E-state index is 4.52. The Balaban J connectivity index is 2.46. The summed E-state index contributed by atoms with van der Waals surface area (Å²) in [4.78, 5) is 0. The Morgan fingerprint density at radius 3 is 2.70 bits per heavy atom. The molecule has 2 aromatic rings. The summed E-state index contributed by atoms with van der Waals surface area (Å²) in [5.41, 5.74) is 3.91. The van der Waals surface area contributed by atoms with Gasteiger partial charge in [-0.1, -0.05) is 6.92 Å². The first kappa shape index (κ1) is 15.7. The molecule has 0 fully saturated rings. The second-order valence-electron chi connectivity index (χ2n) is 5.31. The summed E-state index contributed by atoms with van der Waals surface area (Å²) in [5.74, 6) is 0. The van der Waals surface area contributed by atoms with Gasteiger partial charge in [0.25, 0.3) is 0 Å². The van der Waals surface area contributed by atoms with Crippen molar-refractivity contribution in [2.75, 3.05) is 6.54 Å². The number of rotatable bonds is 6. The van der Waals surface area contributed by atoms with Gasteiger partial charge in [-0.15, -0.1) is 0 Å². The van der Waals surface area contributed by atoms with E-state index in [1.807, 2.05) is 6.20 Å². The lowest BCUT2D eigenvalue weighted by atomic mass is 10.0. The second-order valence-corrected chi connectivity index (χ2v) is 6.91. The summed E-state index contributed by atoms with van der Waals surface area (Å²) in [6, 6.07) is 0.543. The number of aromatic nitrogens is 2. The van der Waals surface area contributed by atoms with Gasteiger partial charge in [0.15, 0.2) is 0 Å². The minimum atomic E-state index is 0.195. The maximum Gasteiger partial charge on any atom is 0.0770 e. The summed E-state index contributed by atoms with van der Waals surface area (Å²) >= 11 is 5.43. The number of halogens is 1. The van der Waals surface area contributed by atoms with Crippen LogP contribution in [0.25, 0.3) is 0 Å². The Kier molecular flexibility index (Phi) is 5.41. The molecule has 1 unspecified atom stereocenters. The van der Waals surface area contributed by atoms with Crippen LogP contribution in [-0.2, 0) is 0 Å². The Labute approximate surface area is 133 Å². The van der Waals surface area contributed by atoms with Gasteiger partial charge in [-0.3, -0.25) is 4.68 Å². The minimum absolute atomic E-state index is 0.195. The summed E-state index contributed by atoms with van der Waals surface area (Å²) in [5, 5.41) is 12.6. The Morgan fingerprint density at radius 2 is 2.15 bits per heavy atom. The van der Waals surface area contributed by atoms with E-state index in [1.54, 1.807) is 11.3 Å². The van der Waals surface area contributed by atoms with Crippen LogP contribution in [0, 0.1) is 6.92 Å². The topological polar surface area (TPSA) is 29.9 Å². The highest BCUT2D eigenvalue weighted by Crippen LogP contribution is 2.33. The van der Waals surface area contributed by atoms with Crippen LogP contribution in [0.2, 0.25) is 0 Å². The average molecular weight is 356 g/mol. The van der Waals surface area contributed by atoms with Crippen LogP contribution in [0.4, 0.5) is 0 Å². The maximum atomic E-state index is 4.52. The van der Waals surface area contributed by atoms with Crippen molar-refractivity contribution in [2.45, 2.75) is 46.2 Å². The van der Waals surface area contributed by atoms with Crippen LogP contribution in [-0.4, -0.2) is 16.3 Å². The van der Waals surface area contributed by atoms with E-state index in [2.05, 4.69) is 69.5 Å². The van der Waals surface area contributed by atoms with Gasteiger partial charge in [-0.05, 0) is 71.6 Å². The number of nitrogens with zero attached hydrogens (tertiary/aromatic N) is 2. The van der Waals surface area contributed by atoms with Gasteiger partial charge in [-0.2, -0.15) is 16.4 Å². The number of hydrogen-bond acceptors (Lipinski definition) is 3. The predicted molar refractivity (Wildman–Crippen MR) is 89.5 cm³/mol.